The van der Waals surface area contributed by atoms with Crippen molar-refractivity contribution in [2.45, 2.75) is 26.4 Å². The Bertz CT molecular complexity index is 390. The summed E-state index contributed by atoms with van der Waals surface area (Å²) in [5, 5.41) is 11.8. The fourth-order valence-electron chi connectivity index (χ4n) is 1.54. The first-order valence-corrected chi connectivity index (χ1v) is 6.38. The average molecular weight is 266 g/mol. The summed E-state index contributed by atoms with van der Waals surface area (Å²) in [6.07, 6.45) is 0. The molecule has 0 saturated heterocycles. The van der Waals surface area contributed by atoms with E-state index in [2.05, 4.69) is 5.32 Å². The Labute approximate surface area is 113 Å². The Kier molecular flexibility index (Phi) is 6.32. The molecule has 1 aromatic carbocycles. The monoisotopic (exact) mass is 266 g/mol. The molecule has 5 nitrogen and oxygen atoms in total. The highest BCUT2D eigenvalue weighted by molar-refractivity contribution is 5.77. The fourth-order valence-corrected chi connectivity index (χ4v) is 1.54. The summed E-state index contributed by atoms with van der Waals surface area (Å²) in [6.45, 7) is 4.22. The molecule has 0 unspecified atom stereocenters. The molecule has 0 aliphatic carbocycles. The predicted molar refractivity (Wildman–Crippen MR) is 73.7 cm³/mol. The molecule has 19 heavy (non-hydrogen) atoms. The third-order valence-electron chi connectivity index (χ3n) is 2.88. The molecule has 0 heterocycles. The van der Waals surface area contributed by atoms with Gasteiger partial charge in [0.25, 0.3) is 5.91 Å². The standard InChI is InChI=1S/C14H22N2O3/c1-10(2)13(8-17)16-14(18)9-19-12-5-3-11(7-15)4-6-12/h3-6,10,13,17H,7-9,15H2,1-2H3,(H,16,18)/t13-/m1/s1. The number of rotatable bonds is 7. The van der Waals surface area contributed by atoms with Crippen molar-refractivity contribution in [3.05, 3.63) is 29.8 Å². The van der Waals surface area contributed by atoms with Crippen molar-refractivity contribution < 1.29 is 14.6 Å². The van der Waals surface area contributed by atoms with Crippen molar-refractivity contribution in [3.8, 4) is 5.75 Å². The molecular formula is C14H22N2O3. The molecule has 1 amide bonds. The van der Waals surface area contributed by atoms with E-state index in [1.807, 2.05) is 26.0 Å². The SMILES string of the molecule is CC(C)[C@@H](CO)NC(=O)COc1ccc(CN)cc1. The first-order valence-electron chi connectivity index (χ1n) is 6.38. The van der Waals surface area contributed by atoms with Crippen LogP contribution in [0.4, 0.5) is 0 Å². The Hall–Kier alpha value is -1.59. The number of aliphatic hydroxyl groups excluding tert-OH is 1. The van der Waals surface area contributed by atoms with E-state index >= 15 is 0 Å². The summed E-state index contributed by atoms with van der Waals surface area (Å²) in [7, 11) is 0. The molecule has 0 aromatic heterocycles. The number of nitrogens with one attached hydrogen (secondary N) is 1. The molecular weight excluding hydrogens is 244 g/mol. The maximum absolute atomic E-state index is 11.6. The molecule has 0 fully saturated rings. The van der Waals surface area contributed by atoms with E-state index in [0.717, 1.165) is 5.56 Å². The molecule has 4 N–H and O–H groups in total. The van der Waals surface area contributed by atoms with Gasteiger partial charge in [-0.3, -0.25) is 4.79 Å². The van der Waals surface area contributed by atoms with Crippen molar-refractivity contribution in [1.29, 1.82) is 0 Å². The van der Waals surface area contributed by atoms with Crippen molar-refractivity contribution >= 4 is 5.91 Å². The zero-order valence-corrected chi connectivity index (χ0v) is 11.4. The summed E-state index contributed by atoms with van der Waals surface area (Å²) in [5.41, 5.74) is 6.50. The lowest BCUT2D eigenvalue weighted by molar-refractivity contribution is -0.124. The molecule has 0 spiro atoms. The van der Waals surface area contributed by atoms with Crippen LogP contribution in [0.1, 0.15) is 19.4 Å². The average Bonchev–Trinajstić information content (AvgIpc) is 2.42. The van der Waals surface area contributed by atoms with Crippen LogP contribution < -0.4 is 15.8 Å². The number of amides is 1. The molecule has 106 valence electrons. The first kappa shape index (κ1) is 15.5. The van der Waals surface area contributed by atoms with Gasteiger partial charge in [0, 0.05) is 6.54 Å². The van der Waals surface area contributed by atoms with Gasteiger partial charge in [-0.05, 0) is 23.6 Å². The van der Waals surface area contributed by atoms with Gasteiger partial charge < -0.3 is 20.9 Å². The Morgan fingerprint density at radius 2 is 2.00 bits per heavy atom. The molecule has 0 radical (unpaired) electrons. The second kappa shape index (κ2) is 7.76. The smallest absolute Gasteiger partial charge is 0.258 e. The van der Waals surface area contributed by atoms with Gasteiger partial charge in [0.05, 0.1) is 12.6 Å². The van der Waals surface area contributed by atoms with Gasteiger partial charge in [-0.1, -0.05) is 26.0 Å². The molecule has 1 aromatic rings. The lowest BCUT2D eigenvalue weighted by Crippen LogP contribution is -2.43. The lowest BCUT2D eigenvalue weighted by atomic mass is 10.1. The van der Waals surface area contributed by atoms with Crippen LogP contribution >= 0.6 is 0 Å². The second-order valence-corrected chi connectivity index (χ2v) is 4.74. The molecule has 1 rings (SSSR count). The van der Waals surface area contributed by atoms with E-state index in [9.17, 15) is 4.79 Å². The summed E-state index contributed by atoms with van der Waals surface area (Å²) in [6, 6.07) is 7.04. The minimum Gasteiger partial charge on any atom is -0.484 e. The minimum absolute atomic E-state index is 0.0643. The molecule has 0 bridgehead atoms. The zero-order valence-electron chi connectivity index (χ0n) is 11.4. The van der Waals surface area contributed by atoms with Crippen LogP contribution in [0, 0.1) is 5.92 Å². The normalized spacial score (nSPS) is 12.3. The third-order valence-corrected chi connectivity index (χ3v) is 2.88. The van der Waals surface area contributed by atoms with Crippen LogP contribution in [0.3, 0.4) is 0 Å². The number of benzene rings is 1. The van der Waals surface area contributed by atoms with Gasteiger partial charge in [-0.2, -0.15) is 0 Å². The van der Waals surface area contributed by atoms with E-state index in [1.54, 1.807) is 12.1 Å². The maximum atomic E-state index is 11.6. The Morgan fingerprint density at radius 1 is 1.37 bits per heavy atom. The number of ether oxygens (including phenoxy) is 1. The lowest BCUT2D eigenvalue weighted by Gasteiger charge is -2.19. The van der Waals surface area contributed by atoms with E-state index in [1.165, 1.54) is 0 Å². The molecule has 0 saturated carbocycles. The number of hydrogen-bond donors (Lipinski definition) is 3. The second-order valence-electron chi connectivity index (χ2n) is 4.74. The summed E-state index contributed by atoms with van der Waals surface area (Å²) in [4.78, 5) is 11.6. The molecule has 1 atom stereocenters. The highest BCUT2D eigenvalue weighted by Gasteiger charge is 2.15. The van der Waals surface area contributed by atoms with Crippen molar-refractivity contribution in [2.75, 3.05) is 13.2 Å². The van der Waals surface area contributed by atoms with Crippen LogP contribution in [0.5, 0.6) is 5.75 Å². The number of nitrogens with two attached hydrogens (primary N) is 1. The fraction of sp³-hybridized carbons (Fsp3) is 0.500. The van der Waals surface area contributed by atoms with Gasteiger partial charge in [0.15, 0.2) is 6.61 Å². The van der Waals surface area contributed by atoms with E-state index in [0.29, 0.717) is 12.3 Å². The molecule has 5 heteroatoms. The summed E-state index contributed by atoms with van der Waals surface area (Å²) >= 11 is 0. The quantitative estimate of drug-likeness (QED) is 0.677. The highest BCUT2D eigenvalue weighted by atomic mass is 16.5. The van der Waals surface area contributed by atoms with Gasteiger partial charge in [0.1, 0.15) is 5.75 Å². The van der Waals surface area contributed by atoms with Crippen molar-refractivity contribution in [2.24, 2.45) is 11.7 Å². The Morgan fingerprint density at radius 3 is 2.47 bits per heavy atom. The first-order chi connectivity index (χ1) is 9.06. The molecule has 0 aliphatic rings. The van der Waals surface area contributed by atoms with Crippen LogP contribution in [-0.4, -0.2) is 30.3 Å². The van der Waals surface area contributed by atoms with Crippen LogP contribution in [-0.2, 0) is 11.3 Å². The van der Waals surface area contributed by atoms with Crippen molar-refractivity contribution in [1.82, 2.24) is 5.32 Å². The van der Waals surface area contributed by atoms with E-state index in [4.69, 9.17) is 15.6 Å². The van der Waals surface area contributed by atoms with Crippen LogP contribution in [0.25, 0.3) is 0 Å². The van der Waals surface area contributed by atoms with Gasteiger partial charge in [-0.15, -0.1) is 0 Å². The van der Waals surface area contributed by atoms with E-state index in [-0.39, 0.29) is 31.1 Å². The number of hydrogen-bond acceptors (Lipinski definition) is 4. The number of aliphatic hydroxyl groups is 1. The zero-order chi connectivity index (χ0) is 14.3. The topological polar surface area (TPSA) is 84.6 Å². The Balaban J connectivity index is 2.40. The third kappa shape index (κ3) is 5.28. The van der Waals surface area contributed by atoms with Gasteiger partial charge in [0.2, 0.25) is 0 Å². The summed E-state index contributed by atoms with van der Waals surface area (Å²) in [5.74, 6) is 0.561. The summed E-state index contributed by atoms with van der Waals surface area (Å²) < 4.78 is 5.36. The van der Waals surface area contributed by atoms with Crippen molar-refractivity contribution in [3.63, 3.8) is 0 Å². The molecule has 0 aliphatic heterocycles. The number of carbonyl (C=O) groups excluding carboxylic acids is 1. The number of carbonyl (C=O) groups is 1. The predicted octanol–water partition coefficient (Wildman–Crippen LogP) is 0.657. The maximum Gasteiger partial charge on any atom is 0.258 e. The highest BCUT2D eigenvalue weighted by Crippen LogP contribution is 2.11. The van der Waals surface area contributed by atoms with E-state index < -0.39 is 0 Å². The largest absolute Gasteiger partial charge is 0.484 e. The van der Waals surface area contributed by atoms with Crippen LogP contribution in [0.15, 0.2) is 24.3 Å². The van der Waals surface area contributed by atoms with Gasteiger partial charge >= 0.3 is 0 Å². The minimum atomic E-state index is -0.240. The van der Waals surface area contributed by atoms with Gasteiger partial charge in [-0.25, -0.2) is 0 Å². The van der Waals surface area contributed by atoms with Crippen LogP contribution in [0.2, 0.25) is 0 Å².